The number of halogens is 1. The van der Waals surface area contributed by atoms with Gasteiger partial charge in [0.05, 0.1) is 33.6 Å². The normalized spacial score (nSPS) is 20.2. The number of nitrogens with two attached hydrogens (primary N) is 2. The Balaban J connectivity index is 1.55. The fraction of sp³-hybridized carbons (Fsp3) is 0.367. The molecule has 5 N–H and O–H groups in total. The second-order valence-corrected chi connectivity index (χ2v) is 10.2. The fourth-order valence-corrected chi connectivity index (χ4v) is 5.38. The van der Waals surface area contributed by atoms with Gasteiger partial charge in [-0.3, -0.25) is 9.69 Å². The first-order chi connectivity index (χ1) is 18.8. The van der Waals surface area contributed by atoms with Gasteiger partial charge < -0.3 is 21.5 Å². The van der Waals surface area contributed by atoms with Crippen molar-refractivity contribution >= 4 is 17.5 Å². The van der Waals surface area contributed by atoms with Gasteiger partial charge >= 0.3 is 0 Å². The van der Waals surface area contributed by atoms with E-state index in [4.69, 9.17) is 23.1 Å². The lowest BCUT2D eigenvalue weighted by Crippen LogP contribution is -2.53. The molecule has 0 spiro atoms. The molecule has 1 aromatic carbocycles. The molecule has 9 heteroatoms. The lowest BCUT2D eigenvalue weighted by molar-refractivity contribution is 0.0315. The Labute approximate surface area is 235 Å². The Morgan fingerprint density at radius 2 is 2.00 bits per heavy atom. The van der Waals surface area contributed by atoms with Gasteiger partial charge in [0.2, 0.25) is 0 Å². The quantitative estimate of drug-likeness (QED) is 0.375. The van der Waals surface area contributed by atoms with Crippen molar-refractivity contribution in [2.24, 2.45) is 11.5 Å². The smallest absolute Gasteiger partial charge is 0.255 e. The number of allylic oxidation sites excluding steroid dienone is 3. The maximum atomic E-state index is 13.3. The minimum atomic E-state index is -0.265. The molecular weight excluding hydrogens is 512 g/mol. The Morgan fingerprint density at radius 3 is 2.62 bits per heavy atom. The van der Waals surface area contributed by atoms with E-state index in [0.717, 1.165) is 43.6 Å². The van der Waals surface area contributed by atoms with Gasteiger partial charge in [-0.15, -0.1) is 0 Å². The van der Waals surface area contributed by atoms with E-state index in [2.05, 4.69) is 33.3 Å². The van der Waals surface area contributed by atoms with E-state index in [1.807, 2.05) is 17.9 Å². The van der Waals surface area contributed by atoms with Crippen molar-refractivity contribution in [3.63, 3.8) is 0 Å². The van der Waals surface area contributed by atoms with Crippen LogP contribution in [0.1, 0.15) is 47.8 Å². The molecule has 204 valence electrons. The highest BCUT2D eigenvalue weighted by Crippen LogP contribution is 2.29. The third kappa shape index (κ3) is 6.69. The summed E-state index contributed by atoms with van der Waals surface area (Å²) >= 11 is 6.67. The fourth-order valence-electron chi connectivity index (χ4n) is 5.12. The van der Waals surface area contributed by atoms with Gasteiger partial charge in [-0.05, 0) is 50.0 Å². The molecule has 1 aliphatic carbocycles. The molecule has 0 bridgehead atoms. The average molecular weight is 547 g/mol. The zero-order valence-corrected chi connectivity index (χ0v) is 23.0. The standard InChI is InChI=1S/C30H35ClN6O2/c1-3-26-24(11-9-21(18-32)8-7-20(2)33)29(35-19-34-26)22-10-12-23(25(31)17-22)30(39)37-15-13-36(14-16-37)27-5-4-6-28(27)38/h7-8,10,12,17-19,27-28,38H,2-6,13-16,32-33H2,1H3/b8-7-,21-18+. The van der Waals surface area contributed by atoms with Crippen LogP contribution in [-0.2, 0) is 6.42 Å². The van der Waals surface area contributed by atoms with Crippen molar-refractivity contribution in [2.45, 2.75) is 44.8 Å². The van der Waals surface area contributed by atoms with Crippen LogP contribution in [0.15, 0.2) is 60.7 Å². The number of nitrogens with zero attached hydrogens (tertiary/aromatic N) is 4. The zero-order valence-electron chi connectivity index (χ0n) is 22.2. The van der Waals surface area contributed by atoms with Crippen molar-refractivity contribution < 1.29 is 9.90 Å². The summed E-state index contributed by atoms with van der Waals surface area (Å²) in [4.78, 5) is 26.4. The maximum absolute atomic E-state index is 13.3. The number of aliphatic hydroxyl groups is 1. The number of aryl methyl sites for hydroxylation is 1. The Bertz CT molecular complexity index is 1350. The summed E-state index contributed by atoms with van der Waals surface area (Å²) in [5, 5.41) is 10.6. The number of hydrogen-bond donors (Lipinski definition) is 3. The number of aliphatic hydroxyl groups excluding tert-OH is 1. The number of piperazine rings is 1. The van der Waals surface area contributed by atoms with Crippen molar-refractivity contribution in [1.82, 2.24) is 19.8 Å². The first kappa shape index (κ1) is 28.4. The van der Waals surface area contributed by atoms with Crippen LogP contribution in [0.3, 0.4) is 0 Å². The third-order valence-electron chi connectivity index (χ3n) is 7.24. The number of carbonyl (C=O) groups excluding carboxylic acids is 1. The number of amides is 1. The number of rotatable bonds is 6. The first-order valence-electron chi connectivity index (χ1n) is 13.2. The summed E-state index contributed by atoms with van der Waals surface area (Å²) in [6.07, 6.45) is 9.54. The molecule has 39 heavy (non-hydrogen) atoms. The summed E-state index contributed by atoms with van der Waals surface area (Å²) in [5.41, 5.74) is 15.6. The molecule has 2 heterocycles. The van der Waals surface area contributed by atoms with Gasteiger partial charge in [-0.25, -0.2) is 9.97 Å². The Kier molecular flexibility index (Phi) is 9.41. The minimum Gasteiger partial charge on any atom is -0.404 e. The molecule has 2 aliphatic rings. The van der Waals surface area contributed by atoms with Crippen LogP contribution in [0.5, 0.6) is 0 Å². The average Bonchev–Trinajstić information content (AvgIpc) is 3.38. The third-order valence-corrected chi connectivity index (χ3v) is 7.55. The van der Waals surface area contributed by atoms with Gasteiger partial charge in [0.1, 0.15) is 6.33 Å². The molecule has 2 fully saturated rings. The SMILES string of the molecule is C=C(N)/C=C\C(C#Cc1c(CC)ncnc1-c1ccc(C(=O)N2CCN(C3CCCC3O)CC2)c(Cl)c1)=C/N. The van der Waals surface area contributed by atoms with Gasteiger partial charge in [-0.1, -0.05) is 43.0 Å². The van der Waals surface area contributed by atoms with E-state index in [1.54, 1.807) is 24.3 Å². The van der Waals surface area contributed by atoms with Crippen LogP contribution in [0.2, 0.25) is 5.02 Å². The number of benzene rings is 1. The van der Waals surface area contributed by atoms with Crippen LogP contribution in [0.25, 0.3) is 11.3 Å². The molecular formula is C30H35ClN6O2. The molecule has 1 saturated heterocycles. The van der Waals surface area contributed by atoms with E-state index in [0.29, 0.717) is 52.6 Å². The van der Waals surface area contributed by atoms with Crippen LogP contribution in [0.4, 0.5) is 0 Å². The summed E-state index contributed by atoms with van der Waals surface area (Å²) in [6, 6.07) is 5.55. The number of hydrogen-bond acceptors (Lipinski definition) is 7. The van der Waals surface area contributed by atoms with Crippen LogP contribution in [0, 0.1) is 11.8 Å². The Morgan fingerprint density at radius 1 is 1.23 bits per heavy atom. The van der Waals surface area contributed by atoms with Crippen molar-refractivity contribution in [3.05, 3.63) is 82.6 Å². The predicted octanol–water partition coefficient (Wildman–Crippen LogP) is 3.25. The number of carbonyl (C=O) groups is 1. The summed E-state index contributed by atoms with van der Waals surface area (Å²) in [5.74, 6) is 6.11. The zero-order chi connectivity index (χ0) is 27.9. The van der Waals surface area contributed by atoms with Crippen molar-refractivity contribution in [1.29, 1.82) is 0 Å². The predicted molar refractivity (Wildman–Crippen MR) is 155 cm³/mol. The molecule has 4 rings (SSSR count). The van der Waals surface area contributed by atoms with E-state index in [-0.39, 0.29) is 18.1 Å². The number of aromatic nitrogens is 2. The molecule has 1 saturated carbocycles. The van der Waals surface area contributed by atoms with Gasteiger partial charge in [-0.2, -0.15) is 0 Å². The second kappa shape index (κ2) is 12.9. The molecule has 1 aromatic heterocycles. The van der Waals surface area contributed by atoms with E-state index in [1.165, 1.54) is 12.5 Å². The molecule has 2 unspecified atom stereocenters. The van der Waals surface area contributed by atoms with Crippen LogP contribution >= 0.6 is 11.6 Å². The Hall–Kier alpha value is -3.64. The van der Waals surface area contributed by atoms with Gasteiger partial charge in [0.25, 0.3) is 5.91 Å². The lowest BCUT2D eigenvalue weighted by Gasteiger charge is -2.39. The molecule has 1 aliphatic heterocycles. The monoisotopic (exact) mass is 546 g/mol. The van der Waals surface area contributed by atoms with E-state index in [9.17, 15) is 9.90 Å². The largest absolute Gasteiger partial charge is 0.404 e. The van der Waals surface area contributed by atoms with Gasteiger partial charge in [0.15, 0.2) is 0 Å². The molecule has 1 amide bonds. The van der Waals surface area contributed by atoms with Crippen molar-refractivity contribution in [3.8, 4) is 23.1 Å². The highest BCUT2D eigenvalue weighted by Gasteiger charge is 2.33. The topological polar surface area (TPSA) is 122 Å². The lowest BCUT2D eigenvalue weighted by atomic mass is 10.0. The molecule has 2 aromatic rings. The van der Waals surface area contributed by atoms with Gasteiger partial charge in [0, 0.05) is 55.3 Å². The van der Waals surface area contributed by atoms with E-state index >= 15 is 0 Å². The van der Waals surface area contributed by atoms with E-state index < -0.39 is 0 Å². The summed E-state index contributed by atoms with van der Waals surface area (Å²) in [7, 11) is 0. The minimum absolute atomic E-state index is 0.0962. The molecule has 0 radical (unpaired) electrons. The molecule has 8 nitrogen and oxygen atoms in total. The van der Waals surface area contributed by atoms with Crippen LogP contribution in [-0.4, -0.2) is 69.1 Å². The summed E-state index contributed by atoms with van der Waals surface area (Å²) < 4.78 is 0. The van der Waals surface area contributed by atoms with Crippen LogP contribution < -0.4 is 11.5 Å². The second-order valence-electron chi connectivity index (χ2n) is 9.77. The highest BCUT2D eigenvalue weighted by molar-refractivity contribution is 6.34. The first-order valence-corrected chi connectivity index (χ1v) is 13.6. The van der Waals surface area contributed by atoms with Crippen molar-refractivity contribution in [2.75, 3.05) is 26.2 Å². The highest BCUT2D eigenvalue weighted by atomic mass is 35.5. The maximum Gasteiger partial charge on any atom is 0.255 e. The summed E-state index contributed by atoms with van der Waals surface area (Å²) in [6.45, 7) is 8.35. The molecule has 2 atom stereocenters.